The second kappa shape index (κ2) is 20.5. The summed E-state index contributed by atoms with van der Waals surface area (Å²) in [7, 11) is -3.26. The fraction of sp³-hybridized carbons (Fsp3) is 0.875. The molecule has 0 unspecified atom stereocenters. The number of Topliss-reactive ketones (excluding diaryl/α,β-unsaturated/α-hetero) is 1. The molecule has 1 saturated heterocycles. The van der Waals surface area contributed by atoms with Crippen molar-refractivity contribution in [2.75, 3.05) is 39.2 Å². The van der Waals surface area contributed by atoms with Gasteiger partial charge in [-0.05, 0) is 61.3 Å². The first-order valence-corrected chi connectivity index (χ1v) is 17.7. The van der Waals surface area contributed by atoms with E-state index in [0.717, 1.165) is 32.1 Å². The minimum absolute atomic E-state index is 0.0348. The van der Waals surface area contributed by atoms with Crippen LogP contribution in [0, 0.1) is 11.8 Å². The van der Waals surface area contributed by atoms with Gasteiger partial charge in [0.05, 0.1) is 32.5 Å². The quantitative estimate of drug-likeness (QED) is 0.0730. The SMILES string of the molecule is CCOP(=O)(CC(=O)CCCCCCCCCCCCC#CCOC[C@@H]1COC(C)(C)N1C(=O)OC(C)(C)C)OCC. The van der Waals surface area contributed by atoms with Gasteiger partial charge in [-0.2, -0.15) is 0 Å². The van der Waals surface area contributed by atoms with Crippen LogP contribution in [0.15, 0.2) is 0 Å². The van der Waals surface area contributed by atoms with Crippen LogP contribution in [-0.2, 0) is 32.6 Å². The lowest BCUT2D eigenvalue weighted by molar-refractivity contribution is -0.117. The maximum Gasteiger partial charge on any atom is 0.412 e. The topological polar surface area (TPSA) is 101 Å². The summed E-state index contributed by atoms with van der Waals surface area (Å²) < 4.78 is 39.9. The van der Waals surface area contributed by atoms with E-state index in [1.807, 2.05) is 34.6 Å². The second-order valence-corrected chi connectivity index (χ2v) is 14.4. The van der Waals surface area contributed by atoms with Crippen LogP contribution in [0.5, 0.6) is 0 Å². The van der Waals surface area contributed by atoms with E-state index >= 15 is 0 Å². The third kappa shape index (κ3) is 17.0. The third-order valence-electron chi connectivity index (χ3n) is 6.80. The Bertz CT molecular complexity index is 879. The lowest BCUT2D eigenvalue weighted by Gasteiger charge is -2.34. The molecule has 1 aliphatic heterocycles. The van der Waals surface area contributed by atoms with Crippen LogP contribution in [0.1, 0.15) is 126 Å². The largest absolute Gasteiger partial charge is 0.444 e. The number of rotatable bonds is 21. The van der Waals surface area contributed by atoms with Crippen LogP contribution in [0.25, 0.3) is 0 Å². The molecule has 1 amide bonds. The van der Waals surface area contributed by atoms with Gasteiger partial charge in [-0.15, -0.1) is 5.92 Å². The minimum Gasteiger partial charge on any atom is -0.444 e. The Morgan fingerprint density at radius 3 is 2.00 bits per heavy atom. The van der Waals surface area contributed by atoms with Crippen molar-refractivity contribution in [2.24, 2.45) is 0 Å². The van der Waals surface area contributed by atoms with E-state index in [4.69, 9.17) is 23.3 Å². The Morgan fingerprint density at radius 1 is 0.905 bits per heavy atom. The van der Waals surface area contributed by atoms with Crippen molar-refractivity contribution in [1.29, 1.82) is 0 Å². The first-order valence-electron chi connectivity index (χ1n) is 15.9. The summed E-state index contributed by atoms with van der Waals surface area (Å²) in [5.41, 5.74) is -1.30. The van der Waals surface area contributed by atoms with Crippen molar-refractivity contribution in [3.63, 3.8) is 0 Å². The van der Waals surface area contributed by atoms with E-state index in [9.17, 15) is 14.2 Å². The molecule has 1 heterocycles. The number of ether oxygens (including phenoxy) is 3. The number of hydrogen-bond acceptors (Lipinski definition) is 8. The highest BCUT2D eigenvalue weighted by atomic mass is 31.2. The Kier molecular flexibility index (Phi) is 18.8. The maximum atomic E-state index is 12.7. The Morgan fingerprint density at radius 2 is 1.45 bits per heavy atom. The highest BCUT2D eigenvalue weighted by molar-refractivity contribution is 7.54. The molecule has 1 rings (SSSR count). The maximum absolute atomic E-state index is 12.7. The number of amides is 1. The highest BCUT2D eigenvalue weighted by Gasteiger charge is 2.45. The van der Waals surface area contributed by atoms with Gasteiger partial charge in [0.2, 0.25) is 0 Å². The van der Waals surface area contributed by atoms with E-state index < -0.39 is 18.9 Å². The zero-order chi connectivity index (χ0) is 31.5. The molecule has 1 atom stereocenters. The number of ketones is 1. The molecule has 0 N–H and O–H groups in total. The lowest BCUT2D eigenvalue weighted by Crippen LogP contribution is -2.51. The van der Waals surface area contributed by atoms with E-state index in [0.29, 0.717) is 26.2 Å². The minimum atomic E-state index is -3.26. The molecule has 1 fully saturated rings. The van der Waals surface area contributed by atoms with Gasteiger partial charge in [-0.25, -0.2) is 4.79 Å². The standard InChI is InChI=1S/C32H58NO8P/c1-8-39-42(36,40-9-2)27-29(34)23-21-19-17-15-13-11-10-12-14-16-18-20-22-24-37-25-28-26-38-32(6,7)33(28)30(35)41-31(3,4)5/h28H,8-19,21,23-27H2,1-7H3/t28-/m1/s1. The first kappa shape index (κ1) is 38.6. The molecule has 0 aromatic heterocycles. The van der Waals surface area contributed by atoms with Crippen LogP contribution in [0.4, 0.5) is 4.79 Å². The van der Waals surface area contributed by atoms with Gasteiger partial charge in [-0.3, -0.25) is 14.3 Å². The molecule has 0 saturated carbocycles. The molecule has 9 nitrogen and oxygen atoms in total. The molecule has 1 aliphatic rings. The summed E-state index contributed by atoms with van der Waals surface area (Å²) in [6, 6.07) is -0.195. The molecule has 0 radical (unpaired) electrons. The smallest absolute Gasteiger partial charge is 0.412 e. The summed E-state index contributed by atoms with van der Waals surface area (Å²) in [4.78, 5) is 26.4. The zero-order valence-electron chi connectivity index (χ0n) is 27.5. The number of carbonyl (C=O) groups is 2. The lowest BCUT2D eigenvalue weighted by atomic mass is 10.0. The summed E-state index contributed by atoms with van der Waals surface area (Å²) in [6.07, 6.45) is 12.2. The molecule has 0 bridgehead atoms. The van der Waals surface area contributed by atoms with Crippen LogP contribution >= 0.6 is 7.60 Å². The highest BCUT2D eigenvalue weighted by Crippen LogP contribution is 2.48. The molecular formula is C32H58NO8P. The normalized spacial score (nSPS) is 16.7. The summed E-state index contributed by atoms with van der Waals surface area (Å²) in [5.74, 6) is 6.24. The van der Waals surface area contributed by atoms with E-state index in [1.165, 1.54) is 38.5 Å². The molecule has 10 heteroatoms. The molecule has 244 valence electrons. The zero-order valence-corrected chi connectivity index (χ0v) is 28.4. The number of nitrogens with zero attached hydrogens (tertiary/aromatic N) is 1. The van der Waals surface area contributed by atoms with E-state index in [1.54, 1.807) is 18.7 Å². The average Bonchev–Trinajstić information content (AvgIpc) is 3.18. The molecule has 0 aromatic rings. The van der Waals surface area contributed by atoms with Gasteiger partial charge < -0.3 is 23.3 Å². The van der Waals surface area contributed by atoms with Crippen LogP contribution in [0.2, 0.25) is 0 Å². The van der Waals surface area contributed by atoms with Gasteiger partial charge in [0.15, 0.2) is 0 Å². The van der Waals surface area contributed by atoms with Crippen LogP contribution in [0.3, 0.4) is 0 Å². The summed E-state index contributed by atoms with van der Waals surface area (Å²) >= 11 is 0. The molecule has 42 heavy (non-hydrogen) atoms. The van der Waals surface area contributed by atoms with Gasteiger partial charge in [-0.1, -0.05) is 57.3 Å². The van der Waals surface area contributed by atoms with Crippen molar-refractivity contribution >= 4 is 19.5 Å². The molecule has 0 aliphatic carbocycles. The third-order valence-corrected chi connectivity index (χ3v) is 8.85. The fourth-order valence-electron chi connectivity index (χ4n) is 4.84. The molecule has 0 aromatic carbocycles. The van der Waals surface area contributed by atoms with Crippen LogP contribution in [-0.4, -0.2) is 73.3 Å². The Balaban J connectivity index is 2.02. The fourth-order valence-corrected chi connectivity index (χ4v) is 6.47. The Labute approximate surface area is 255 Å². The average molecular weight is 616 g/mol. The van der Waals surface area contributed by atoms with Crippen molar-refractivity contribution in [2.45, 2.75) is 143 Å². The van der Waals surface area contributed by atoms with Crippen molar-refractivity contribution in [1.82, 2.24) is 4.90 Å². The van der Waals surface area contributed by atoms with Gasteiger partial charge >= 0.3 is 13.7 Å². The Hall–Kier alpha value is -1.43. The molecule has 0 spiro atoms. The van der Waals surface area contributed by atoms with Crippen molar-refractivity contribution in [3.05, 3.63) is 0 Å². The van der Waals surface area contributed by atoms with Gasteiger partial charge in [0, 0.05) is 12.8 Å². The second-order valence-electron chi connectivity index (χ2n) is 12.3. The predicted molar refractivity (Wildman–Crippen MR) is 167 cm³/mol. The van der Waals surface area contributed by atoms with Crippen LogP contribution < -0.4 is 0 Å². The van der Waals surface area contributed by atoms with Crippen molar-refractivity contribution < 1.29 is 37.4 Å². The first-order chi connectivity index (χ1) is 19.8. The summed E-state index contributed by atoms with van der Waals surface area (Å²) in [5, 5.41) is 0. The monoisotopic (exact) mass is 615 g/mol. The van der Waals surface area contributed by atoms with Crippen molar-refractivity contribution in [3.8, 4) is 11.8 Å². The number of unbranched alkanes of at least 4 members (excludes halogenated alkanes) is 10. The summed E-state index contributed by atoms with van der Waals surface area (Å²) in [6.45, 7) is 14.5. The van der Waals surface area contributed by atoms with E-state index in [-0.39, 0.29) is 37.3 Å². The van der Waals surface area contributed by atoms with Gasteiger partial charge in [0.1, 0.15) is 29.9 Å². The van der Waals surface area contributed by atoms with Gasteiger partial charge in [0.25, 0.3) is 0 Å². The number of carbonyl (C=O) groups excluding carboxylic acids is 2. The number of hydrogen-bond donors (Lipinski definition) is 0. The predicted octanol–water partition coefficient (Wildman–Crippen LogP) is 7.89. The van der Waals surface area contributed by atoms with E-state index in [2.05, 4.69) is 11.8 Å². The molecular weight excluding hydrogens is 557 g/mol.